The predicted octanol–water partition coefficient (Wildman–Crippen LogP) is 1.51. The van der Waals surface area contributed by atoms with Gasteiger partial charge in [-0.05, 0) is 25.0 Å². The van der Waals surface area contributed by atoms with Crippen molar-refractivity contribution in [3.63, 3.8) is 0 Å². The smallest absolute Gasteiger partial charge is 0.259 e. The minimum Gasteiger partial charge on any atom is -0.369 e. The first-order valence-corrected chi connectivity index (χ1v) is 9.54. The first-order valence-electron chi connectivity index (χ1n) is 8.55. The average Bonchev–Trinajstić information content (AvgIpc) is 3.16. The van der Waals surface area contributed by atoms with Gasteiger partial charge >= 0.3 is 0 Å². The van der Waals surface area contributed by atoms with Crippen molar-refractivity contribution < 1.29 is 14.1 Å². The van der Waals surface area contributed by atoms with Crippen LogP contribution in [0.1, 0.15) is 25.6 Å². The fourth-order valence-corrected chi connectivity index (χ4v) is 3.49. The quantitative estimate of drug-likeness (QED) is 0.761. The molecule has 0 atom stereocenters. The number of nitrogens with two attached hydrogens (primary N) is 1. The number of thioether (sulfide) groups is 1. The van der Waals surface area contributed by atoms with Gasteiger partial charge in [0, 0.05) is 31.6 Å². The van der Waals surface area contributed by atoms with E-state index in [0.717, 1.165) is 10.6 Å². The van der Waals surface area contributed by atoms with Crippen molar-refractivity contribution >= 4 is 23.6 Å². The highest BCUT2D eigenvalue weighted by Crippen LogP contribution is 2.22. The summed E-state index contributed by atoms with van der Waals surface area (Å²) in [4.78, 5) is 33.9. The number of primary amides is 1. The van der Waals surface area contributed by atoms with E-state index in [0.29, 0.717) is 49.8 Å². The number of likely N-dealkylation sites (tertiary alicyclic amines) is 1. The number of rotatable bonds is 6. The summed E-state index contributed by atoms with van der Waals surface area (Å²) >= 11 is 1.38. The Morgan fingerprint density at radius 1 is 1.35 bits per heavy atom. The summed E-state index contributed by atoms with van der Waals surface area (Å²) in [5.41, 5.74) is 6.07. The molecule has 0 radical (unpaired) electrons. The Hall–Kier alpha value is -2.42. The molecule has 0 aliphatic carbocycles. The average molecular weight is 375 g/mol. The Kier molecular flexibility index (Phi) is 5.87. The number of amides is 2. The Balaban J connectivity index is 1.50. The van der Waals surface area contributed by atoms with Gasteiger partial charge in [0.05, 0.1) is 16.3 Å². The zero-order valence-electron chi connectivity index (χ0n) is 14.6. The topological polar surface area (TPSA) is 115 Å². The van der Waals surface area contributed by atoms with E-state index >= 15 is 0 Å². The Bertz CT molecular complexity index is 769. The zero-order chi connectivity index (χ0) is 18.5. The molecule has 1 fully saturated rings. The standard InChI is InChI=1S/C17H21N5O3S/c1-2-13-20-17(25-21-13)12-3-4-14(19-9-12)26-10-15(23)22-7-5-11(6-8-22)16(18)24/h3-4,9,11H,2,5-8,10H2,1H3,(H2,18,24). The second kappa shape index (κ2) is 8.31. The number of hydrogen-bond donors (Lipinski definition) is 1. The van der Waals surface area contributed by atoms with Crippen LogP contribution in [0.4, 0.5) is 0 Å². The molecule has 1 aliphatic heterocycles. The molecule has 8 nitrogen and oxygen atoms in total. The minimum atomic E-state index is -0.275. The second-order valence-electron chi connectivity index (χ2n) is 6.10. The number of carbonyl (C=O) groups is 2. The van der Waals surface area contributed by atoms with E-state index in [9.17, 15) is 9.59 Å². The fraction of sp³-hybridized carbons (Fsp3) is 0.471. The van der Waals surface area contributed by atoms with Crippen molar-refractivity contribution in [2.45, 2.75) is 31.2 Å². The molecule has 2 aromatic rings. The third-order valence-corrected chi connectivity index (χ3v) is 5.29. The molecular weight excluding hydrogens is 354 g/mol. The summed E-state index contributed by atoms with van der Waals surface area (Å²) in [6.07, 6.45) is 3.66. The van der Waals surface area contributed by atoms with Gasteiger partial charge in [0.2, 0.25) is 11.8 Å². The number of pyridine rings is 1. The van der Waals surface area contributed by atoms with Crippen molar-refractivity contribution in [1.82, 2.24) is 20.0 Å². The summed E-state index contributed by atoms with van der Waals surface area (Å²) in [6.45, 7) is 3.12. The molecule has 3 rings (SSSR count). The summed E-state index contributed by atoms with van der Waals surface area (Å²) in [5, 5.41) is 4.62. The van der Waals surface area contributed by atoms with Crippen LogP contribution in [0.3, 0.4) is 0 Å². The van der Waals surface area contributed by atoms with Gasteiger partial charge < -0.3 is 15.2 Å². The lowest BCUT2D eigenvalue weighted by atomic mass is 9.96. The largest absolute Gasteiger partial charge is 0.369 e. The minimum absolute atomic E-state index is 0.0493. The van der Waals surface area contributed by atoms with Crippen LogP contribution in [0.15, 0.2) is 27.9 Å². The van der Waals surface area contributed by atoms with Crippen LogP contribution in [0.25, 0.3) is 11.5 Å². The monoisotopic (exact) mass is 375 g/mol. The molecule has 3 heterocycles. The maximum absolute atomic E-state index is 12.3. The third kappa shape index (κ3) is 4.40. The maximum Gasteiger partial charge on any atom is 0.259 e. The van der Waals surface area contributed by atoms with E-state index in [1.165, 1.54) is 11.8 Å². The molecule has 1 aliphatic rings. The molecule has 2 N–H and O–H groups in total. The van der Waals surface area contributed by atoms with Crippen LogP contribution in [0.2, 0.25) is 0 Å². The van der Waals surface area contributed by atoms with Gasteiger partial charge in [0.25, 0.3) is 5.89 Å². The zero-order valence-corrected chi connectivity index (χ0v) is 15.4. The normalized spacial score (nSPS) is 15.2. The van der Waals surface area contributed by atoms with Crippen molar-refractivity contribution in [3.05, 3.63) is 24.2 Å². The van der Waals surface area contributed by atoms with Gasteiger partial charge in [-0.2, -0.15) is 4.98 Å². The van der Waals surface area contributed by atoms with Crippen molar-refractivity contribution in [1.29, 1.82) is 0 Å². The van der Waals surface area contributed by atoms with E-state index < -0.39 is 0 Å². The Morgan fingerprint density at radius 2 is 2.12 bits per heavy atom. The van der Waals surface area contributed by atoms with E-state index in [1.807, 2.05) is 19.1 Å². The molecule has 0 aromatic carbocycles. The van der Waals surface area contributed by atoms with Crippen LogP contribution < -0.4 is 5.73 Å². The summed E-state index contributed by atoms with van der Waals surface area (Å²) in [5.74, 6) is 1.08. The number of carbonyl (C=O) groups excluding carboxylic acids is 2. The lowest BCUT2D eigenvalue weighted by molar-refractivity contribution is -0.132. The molecule has 138 valence electrons. The van der Waals surface area contributed by atoms with Gasteiger partial charge in [-0.3, -0.25) is 9.59 Å². The second-order valence-corrected chi connectivity index (χ2v) is 7.10. The summed E-state index contributed by atoms with van der Waals surface area (Å²) < 4.78 is 5.18. The first-order chi connectivity index (χ1) is 12.6. The number of hydrogen-bond acceptors (Lipinski definition) is 7. The first kappa shape index (κ1) is 18.4. The van der Waals surface area contributed by atoms with E-state index in [2.05, 4.69) is 15.1 Å². The highest BCUT2D eigenvalue weighted by molar-refractivity contribution is 7.99. The van der Waals surface area contributed by atoms with E-state index in [4.69, 9.17) is 10.3 Å². The number of piperidine rings is 1. The Morgan fingerprint density at radius 3 is 2.69 bits per heavy atom. The highest BCUT2D eigenvalue weighted by Gasteiger charge is 2.25. The summed E-state index contributed by atoms with van der Waals surface area (Å²) in [6, 6.07) is 3.69. The van der Waals surface area contributed by atoms with Crippen molar-refractivity contribution in [3.8, 4) is 11.5 Å². The number of aryl methyl sites for hydroxylation is 1. The van der Waals surface area contributed by atoms with Gasteiger partial charge in [-0.1, -0.05) is 23.8 Å². The van der Waals surface area contributed by atoms with Crippen molar-refractivity contribution in [2.75, 3.05) is 18.8 Å². The summed E-state index contributed by atoms with van der Waals surface area (Å²) in [7, 11) is 0. The molecule has 9 heteroatoms. The molecule has 0 bridgehead atoms. The maximum atomic E-state index is 12.3. The number of aromatic nitrogens is 3. The molecule has 1 saturated heterocycles. The van der Waals surface area contributed by atoms with Gasteiger partial charge in [0.15, 0.2) is 5.82 Å². The molecule has 0 spiro atoms. The lowest BCUT2D eigenvalue weighted by Crippen LogP contribution is -2.42. The SMILES string of the molecule is CCc1noc(-c2ccc(SCC(=O)N3CCC(C(N)=O)CC3)nc2)n1. The van der Waals surface area contributed by atoms with Gasteiger partial charge in [0.1, 0.15) is 0 Å². The molecule has 0 saturated carbocycles. The third-order valence-electron chi connectivity index (χ3n) is 4.36. The fourth-order valence-electron chi connectivity index (χ4n) is 2.75. The van der Waals surface area contributed by atoms with Crippen molar-refractivity contribution in [2.24, 2.45) is 11.7 Å². The van der Waals surface area contributed by atoms with Crippen LogP contribution in [0.5, 0.6) is 0 Å². The number of nitrogens with zero attached hydrogens (tertiary/aromatic N) is 4. The molecule has 2 amide bonds. The van der Waals surface area contributed by atoms with Crippen LogP contribution in [-0.4, -0.2) is 50.7 Å². The molecule has 0 unspecified atom stereocenters. The highest BCUT2D eigenvalue weighted by atomic mass is 32.2. The van der Waals surface area contributed by atoms with Gasteiger partial charge in [-0.15, -0.1) is 0 Å². The van der Waals surface area contributed by atoms with Crippen LogP contribution >= 0.6 is 11.8 Å². The van der Waals surface area contributed by atoms with E-state index in [-0.39, 0.29) is 17.7 Å². The predicted molar refractivity (Wildman–Crippen MR) is 96.1 cm³/mol. The van der Waals surface area contributed by atoms with Crippen LogP contribution in [-0.2, 0) is 16.0 Å². The van der Waals surface area contributed by atoms with Gasteiger partial charge in [-0.25, -0.2) is 4.98 Å². The molecular formula is C17H21N5O3S. The Labute approximate surface area is 155 Å². The molecule has 26 heavy (non-hydrogen) atoms. The lowest BCUT2D eigenvalue weighted by Gasteiger charge is -2.30. The van der Waals surface area contributed by atoms with E-state index in [1.54, 1.807) is 11.1 Å². The van der Waals surface area contributed by atoms with Crippen LogP contribution in [0, 0.1) is 5.92 Å². The molecule has 2 aromatic heterocycles.